The number of carbonyl (C=O) groups excluding carboxylic acids is 1. The molecular formula is C18H25N3O3. The molecule has 0 bridgehead atoms. The van der Waals surface area contributed by atoms with E-state index < -0.39 is 5.60 Å². The number of aromatic nitrogens is 2. The molecular weight excluding hydrogens is 306 g/mol. The Hall–Kier alpha value is -2.08. The SMILES string of the molecule is CC(O)(CNC(=O)c1cc(C2CC2)n(C(C)(C)C)n1)c1ccco1. The minimum absolute atomic E-state index is 0.0560. The third-order valence-corrected chi connectivity index (χ3v) is 4.25. The highest BCUT2D eigenvalue weighted by Crippen LogP contribution is 2.41. The van der Waals surface area contributed by atoms with Crippen LogP contribution in [0.4, 0.5) is 0 Å². The van der Waals surface area contributed by atoms with Crippen molar-refractivity contribution in [3.8, 4) is 0 Å². The van der Waals surface area contributed by atoms with Crippen molar-refractivity contribution in [1.29, 1.82) is 0 Å². The van der Waals surface area contributed by atoms with E-state index >= 15 is 0 Å². The van der Waals surface area contributed by atoms with E-state index in [1.54, 1.807) is 19.1 Å². The summed E-state index contributed by atoms with van der Waals surface area (Å²) < 4.78 is 7.17. The molecule has 2 N–H and O–H groups in total. The Morgan fingerprint density at radius 3 is 2.67 bits per heavy atom. The molecule has 0 saturated heterocycles. The number of nitrogens with one attached hydrogen (secondary N) is 1. The van der Waals surface area contributed by atoms with E-state index in [0.717, 1.165) is 18.5 Å². The number of amides is 1. The Bertz CT molecular complexity index is 719. The quantitative estimate of drug-likeness (QED) is 0.883. The van der Waals surface area contributed by atoms with Crippen LogP contribution in [0.2, 0.25) is 0 Å². The fourth-order valence-corrected chi connectivity index (χ4v) is 2.73. The van der Waals surface area contributed by atoms with Gasteiger partial charge in [0.2, 0.25) is 0 Å². The van der Waals surface area contributed by atoms with Crippen LogP contribution in [0, 0.1) is 0 Å². The molecule has 6 heteroatoms. The standard InChI is InChI=1S/C18H25N3O3/c1-17(2,3)21-14(12-7-8-12)10-13(20-21)16(22)19-11-18(4,23)15-6-5-9-24-15/h5-6,9-10,12,23H,7-8,11H2,1-4H3,(H,19,22). The van der Waals surface area contributed by atoms with Gasteiger partial charge in [-0.05, 0) is 58.7 Å². The zero-order valence-corrected chi connectivity index (χ0v) is 14.7. The number of nitrogens with zero attached hydrogens (tertiary/aromatic N) is 2. The molecule has 1 unspecified atom stereocenters. The molecule has 1 saturated carbocycles. The van der Waals surface area contributed by atoms with E-state index in [1.807, 2.05) is 10.7 Å². The van der Waals surface area contributed by atoms with Gasteiger partial charge in [-0.15, -0.1) is 0 Å². The Morgan fingerprint density at radius 2 is 2.12 bits per heavy atom. The third-order valence-electron chi connectivity index (χ3n) is 4.25. The van der Waals surface area contributed by atoms with Crippen molar-refractivity contribution in [1.82, 2.24) is 15.1 Å². The molecule has 1 fully saturated rings. The van der Waals surface area contributed by atoms with Gasteiger partial charge in [0.05, 0.1) is 18.3 Å². The van der Waals surface area contributed by atoms with Crippen molar-refractivity contribution in [3.05, 3.63) is 41.6 Å². The minimum atomic E-state index is -1.26. The molecule has 2 aromatic heterocycles. The van der Waals surface area contributed by atoms with Crippen LogP contribution in [-0.4, -0.2) is 27.3 Å². The first-order valence-electron chi connectivity index (χ1n) is 8.33. The van der Waals surface area contributed by atoms with Gasteiger partial charge in [-0.1, -0.05) is 0 Å². The Morgan fingerprint density at radius 1 is 1.42 bits per heavy atom. The molecule has 2 aromatic rings. The number of carbonyl (C=O) groups is 1. The van der Waals surface area contributed by atoms with Gasteiger partial charge in [-0.25, -0.2) is 0 Å². The molecule has 0 aromatic carbocycles. The summed E-state index contributed by atoms with van der Waals surface area (Å²) in [6, 6.07) is 5.27. The van der Waals surface area contributed by atoms with Gasteiger partial charge in [-0.3, -0.25) is 9.48 Å². The Labute approximate surface area is 141 Å². The highest BCUT2D eigenvalue weighted by atomic mass is 16.4. The van der Waals surface area contributed by atoms with Gasteiger partial charge >= 0.3 is 0 Å². The second-order valence-corrected chi connectivity index (χ2v) is 7.75. The Kier molecular flexibility index (Phi) is 4.03. The fraction of sp³-hybridized carbons (Fsp3) is 0.556. The van der Waals surface area contributed by atoms with Crippen molar-refractivity contribution in [2.75, 3.05) is 6.54 Å². The minimum Gasteiger partial charge on any atom is -0.466 e. The summed E-state index contributed by atoms with van der Waals surface area (Å²) in [6.45, 7) is 7.90. The fourth-order valence-electron chi connectivity index (χ4n) is 2.73. The van der Waals surface area contributed by atoms with E-state index in [0.29, 0.717) is 17.4 Å². The summed E-state index contributed by atoms with van der Waals surface area (Å²) in [5, 5.41) is 17.7. The van der Waals surface area contributed by atoms with Crippen molar-refractivity contribution in [3.63, 3.8) is 0 Å². The maximum Gasteiger partial charge on any atom is 0.271 e. The zero-order chi connectivity index (χ0) is 17.5. The lowest BCUT2D eigenvalue weighted by molar-refractivity contribution is 0.0329. The molecule has 0 spiro atoms. The molecule has 1 atom stereocenters. The van der Waals surface area contributed by atoms with E-state index in [9.17, 15) is 9.90 Å². The molecule has 0 aliphatic heterocycles. The average Bonchev–Trinajstić information content (AvgIpc) is 3.03. The largest absolute Gasteiger partial charge is 0.466 e. The van der Waals surface area contributed by atoms with Crippen molar-refractivity contribution in [2.45, 2.75) is 57.6 Å². The van der Waals surface area contributed by atoms with Crippen molar-refractivity contribution >= 4 is 5.91 Å². The summed E-state index contributed by atoms with van der Waals surface area (Å²) in [4.78, 5) is 12.5. The van der Waals surface area contributed by atoms with Crippen molar-refractivity contribution in [2.24, 2.45) is 0 Å². The van der Waals surface area contributed by atoms with Crippen LogP contribution in [0.1, 0.15) is 68.4 Å². The number of furan rings is 1. The number of hydrogen-bond donors (Lipinski definition) is 2. The van der Waals surface area contributed by atoms with E-state index in [4.69, 9.17) is 4.42 Å². The molecule has 1 aliphatic rings. The lowest BCUT2D eigenvalue weighted by Gasteiger charge is -2.22. The molecule has 1 amide bonds. The van der Waals surface area contributed by atoms with Crippen LogP contribution >= 0.6 is 0 Å². The molecule has 2 heterocycles. The van der Waals surface area contributed by atoms with Crippen LogP contribution in [-0.2, 0) is 11.1 Å². The van der Waals surface area contributed by atoms with E-state index in [2.05, 4.69) is 31.2 Å². The normalized spacial score (nSPS) is 17.5. The molecule has 24 heavy (non-hydrogen) atoms. The summed E-state index contributed by atoms with van der Waals surface area (Å²) in [5.74, 6) is 0.637. The highest BCUT2D eigenvalue weighted by Gasteiger charge is 2.33. The second-order valence-electron chi connectivity index (χ2n) is 7.75. The monoisotopic (exact) mass is 331 g/mol. The number of aliphatic hydroxyl groups is 1. The summed E-state index contributed by atoms with van der Waals surface area (Å²) in [7, 11) is 0. The lowest BCUT2D eigenvalue weighted by atomic mass is 10.0. The first-order chi connectivity index (χ1) is 11.2. The molecule has 0 radical (unpaired) electrons. The smallest absolute Gasteiger partial charge is 0.271 e. The van der Waals surface area contributed by atoms with Gasteiger partial charge < -0.3 is 14.8 Å². The van der Waals surface area contributed by atoms with Crippen LogP contribution in [0.5, 0.6) is 0 Å². The first kappa shape index (κ1) is 16.8. The van der Waals surface area contributed by atoms with Gasteiger partial charge in [0, 0.05) is 11.6 Å². The van der Waals surface area contributed by atoms with Gasteiger partial charge in [-0.2, -0.15) is 5.10 Å². The summed E-state index contributed by atoms with van der Waals surface area (Å²) >= 11 is 0. The topological polar surface area (TPSA) is 80.3 Å². The first-order valence-corrected chi connectivity index (χ1v) is 8.33. The second kappa shape index (κ2) is 5.77. The lowest BCUT2D eigenvalue weighted by Crippen LogP contribution is -2.38. The molecule has 130 valence electrons. The number of hydrogen-bond acceptors (Lipinski definition) is 4. The molecule has 1 aliphatic carbocycles. The summed E-state index contributed by atoms with van der Waals surface area (Å²) in [6.07, 6.45) is 3.80. The van der Waals surface area contributed by atoms with Crippen molar-refractivity contribution < 1.29 is 14.3 Å². The maximum atomic E-state index is 12.5. The third kappa shape index (κ3) is 3.38. The molecule has 3 rings (SSSR count). The van der Waals surface area contributed by atoms with Crippen LogP contribution < -0.4 is 5.32 Å². The Balaban J connectivity index is 1.74. The zero-order valence-electron chi connectivity index (χ0n) is 14.7. The van der Waals surface area contributed by atoms with Gasteiger partial charge in [0.15, 0.2) is 0 Å². The van der Waals surface area contributed by atoms with E-state index in [-0.39, 0.29) is 18.0 Å². The number of rotatable bonds is 5. The summed E-state index contributed by atoms with van der Waals surface area (Å²) in [5.41, 5.74) is 0.0776. The van der Waals surface area contributed by atoms with Crippen LogP contribution in [0.3, 0.4) is 0 Å². The predicted octanol–water partition coefficient (Wildman–Crippen LogP) is 2.75. The predicted molar refractivity (Wildman–Crippen MR) is 89.8 cm³/mol. The maximum absolute atomic E-state index is 12.5. The average molecular weight is 331 g/mol. The van der Waals surface area contributed by atoms with Crippen LogP contribution in [0.25, 0.3) is 0 Å². The highest BCUT2D eigenvalue weighted by molar-refractivity contribution is 5.92. The molecule has 6 nitrogen and oxygen atoms in total. The van der Waals surface area contributed by atoms with Gasteiger partial charge in [0.1, 0.15) is 17.1 Å². The van der Waals surface area contributed by atoms with Crippen LogP contribution in [0.15, 0.2) is 28.9 Å². The van der Waals surface area contributed by atoms with Gasteiger partial charge in [0.25, 0.3) is 5.91 Å². The van der Waals surface area contributed by atoms with E-state index in [1.165, 1.54) is 6.26 Å².